The third kappa shape index (κ3) is 3.91. The second-order valence-electron chi connectivity index (χ2n) is 7.96. The molecule has 1 atom stereocenters. The van der Waals surface area contributed by atoms with Crippen molar-refractivity contribution in [3.8, 4) is 0 Å². The average molecular weight is 435 g/mol. The monoisotopic (exact) mass is 435 g/mol. The molecule has 1 aromatic heterocycles. The van der Waals surface area contributed by atoms with Gasteiger partial charge in [-0.25, -0.2) is 4.79 Å². The van der Waals surface area contributed by atoms with Crippen molar-refractivity contribution in [3.63, 3.8) is 0 Å². The van der Waals surface area contributed by atoms with Crippen LogP contribution in [0.5, 0.6) is 0 Å². The lowest BCUT2D eigenvalue weighted by Gasteiger charge is -2.25. The van der Waals surface area contributed by atoms with Gasteiger partial charge in [0.15, 0.2) is 5.43 Å². The highest BCUT2D eigenvalue weighted by Crippen LogP contribution is 2.38. The zero-order chi connectivity index (χ0) is 22.8. The van der Waals surface area contributed by atoms with Crippen LogP contribution in [-0.2, 0) is 9.47 Å². The van der Waals surface area contributed by atoms with Gasteiger partial charge >= 0.3 is 5.97 Å². The molecule has 2 heterocycles. The normalized spacial score (nSPS) is 15.4. The summed E-state index contributed by atoms with van der Waals surface area (Å²) in [6, 6.07) is 13.1. The molecule has 0 fully saturated rings. The van der Waals surface area contributed by atoms with E-state index >= 15 is 0 Å². The molecule has 3 aromatic rings. The van der Waals surface area contributed by atoms with Gasteiger partial charge in [-0.05, 0) is 50.1 Å². The lowest BCUT2D eigenvalue weighted by Crippen LogP contribution is -2.31. The third-order valence-corrected chi connectivity index (χ3v) is 5.52. The number of nitrogens with zero attached hydrogens (tertiary/aromatic N) is 1. The molecule has 0 aliphatic carbocycles. The number of benzene rings is 2. The molecule has 0 bridgehead atoms. The van der Waals surface area contributed by atoms with Crippen LogP contribution in [0.1, 0.15) is 58.3 Å². The Balaban J connectivity index is 1.78. The molecule has 0 N–H and O–H groups in total. The van der Waals surface area contributed by atoms with Crippen LogP contribution in [0, 0.1) is 0 Å². The van der Waals surface area contributed by atoms with Crippen LogP contribution < -0.4 is 5.43 Å². The minimum atomic E-state index is -0.607. The predicted molar refractivity (Wildman–Crippen MR) is 119 cm³/mol. The van der Waals surface area contributed by atoms with Crippen molar-refractivity contribution in [1.82, 2.24) is 4.90 Å². The lowest BCUT2D eigenvalue weighted by atomic mass is 9.97. The molecular formula is C25H25NO6. The minimum Gasteiger partial charge on any atom is -0.465 e. The average Bonchev–Trinajstić information content (AvgIpc) is 3.08. The van der Waals surface area contributed by atoms with Gasteiger partial charge in [-0.15, -0.1) is 0 Å². The van der Waals surface area contributed by atoms with Crippen LogP contribution in [0.3, 0.4) is 0 Å². The molecule has 0 radical (unpaired) electrons. The summed E-state index contributed by atoms with van der Waals surface area (Å²) in [7, 11) is 1.32. The Morgan fingerprint density at radius 2 is 1.81 bits per heavy atom. The summed E-state index contributed by atoms with van der Waals surface area (Å²) in [5, 5.41) is 0.431. The van der Waals surface area contributed by atoms with Gasteiger partial charge in [-0.1, -0.05) is 24.3 Å². The first-order valence-corrected chi connectivity index (χ1v) is 10.6. The lowest BCUT2D eigenvalue weighted by molar-refractivity contribution is 0.0585. The second kappa shape index (κ2) is 8.96. The zero-order valence-electron chi connectivity index (χ0n) is 18.3. The Labute approximate surface area is 185 Å². The van der Waals surface area contributed by atoms with E-state index < -0.39 is 12.0 Å². The van der Waals surface area contributed by atoms with Crippen molar-refractivity contribution in [1.29, 1.82) is 0 Å². The van der Waals surface area contributed by atoms with Gasteiger partial charge in [0.1, 0.15) is 5.58 Å². The Kier molecular flexibility index (Phi) is 6.10. The van der Waals surface area contributed by atoms with Crippen molar-refractivity contribution >= 4 is 22.8 Å². The van der Waals surface area contributed by atoms with Gasteiger partial charge < -0.3 is 18.8 Å². The topological polar surface area (TPSA) is 86.0 Å². The molecule has 1 unspecified atom stereocenters. The Morgan fingerprint density at radius 1 is 1.09 bits per heavy atom. The van der Waals surface area contributed by atoms with Crippen LogP contribution in [0.25, 0.3) is 11.0 Å². The molecule has 0 saturated heterocycles. The van der Waals surface area contributed by atoms with E-state index in [9.17, 15) is 14.4 Å². The third-order valence-electron chi connectivity index (χ3n) is 5.52. The number of methoxy groups -OCH3 is 1. The number of carbonyl (C=O) groups excluding carboxylic acids is 2. The van der Waals surface area contributed by atoms with E-state index in [2.05, 4.69) is 0 Å². The van der Waals surface area contributed by atoms with Crippen molar-refractivity contribution < 1.29 is 23.5 Å². The fourth-order valence-corrected chi connectivity index (χ4v) is 4.02. The number of ether oxygens (including phenoxy) is 2. The van der Waals surface area contributed by atoms with Crippen LogP contribution in [0.2, 0.25) is 0 Å². The summed E-state index contributed by atoms with van der Waals surface area (Å²) in [4.78, 5) is 40.2. The first-order chi connectivity index (χ1) is 15.4. The maximum absolute atomic E-state index is 13.4. The number of amides is 1. The van der Waals surface area contributed by atoms with E-state index in [4.69, 9.17) is 13.9 Å². The van der Waals surface area contributed by atoms with Gasteiger partial charge in [0, 0.05) is 13.2 Å². The molecule has 7 heteroatoms. The SMILES string of the molecule is COC(=O)c1ccc(C2c3c(oc4ccccc4c3=O)C(=O)N2CCCOC(C)C)cc1. The number of carbonyl (C=O) groups is 2. The molecule has 1 aliphatic rings. The largest absolute Gasteiger partial charge is 0.465 e. The molecule has 0 saturated carbocycles. The molecular weight excluding hydrogens is 410 g/mol. The molecule has 1 amide bonds. The number of para-hydroxylation sites is 1. The molecule has 0 spiro atoms. The van der Waals surface area contributed by atoms with Gasteiger partial charge in [0.2, 0.25) is 5.76 Å². The molecule has 2 aromatic carbocycles. The van der Waals surface area contributed by atoms with Crippen molar-refractivity contribution in [3.05, 3.63) is 81.2 Å². The Morgan fingerprint density at radius 3 is 2.50 bits per heavy atom. The van der Waals surface area contributed by atoms with Crippen LogP contribution in [-0.4, -0.2) is 43.1 Å². The summed E-state index contributed by atoms with van der Waals surface area (Å²) in [5.41, 5.74) is 1.59. The number of rotatable bonds is 7. The molecule has 7 nitrogen and oxygen atoms in total. The van der Waals surface area contributed by atoms with Crippen molar-refractivity contribution in [2.45, 2.75) is 32.4 Å². The molecule has 1 aliphatic heterocycles. The number of hydrogen-bond acceptors (Lipinski definition) is 6. The Hall–Kier alpha value is -3.45. The highest BCUT2D eigenvalue weighted by atomic mass is 16.5. The summed E-state index contributed by atoms with van der Waals surface area (Å²) in [5.74, 6) is -0.706. The Bertz CT molecular complexity index is 1210. The first-order valence-electron chi connectivity index (χ1n) is 10.6. The molecule has 32 heavy (non-hydrogen) atoms. The summed E-state index contributed by atoms with van der Waals surface area (Å²) in [6.07, 6.45) is 0.708. The maximum Gasteiger partial charge on any atom is 0.337 e. The first kappa shape index (κ1) is 21.8. The quantitative estimate of drug-likeness (QED) is 0.413. The van der Waals surface area contributed by atoms with Gasteiger partial charge in [0.25, 0.3) is 5.91 Å². The van der Waals surface area contributed by atoms with E-state index in [0.717, 1.165) is 5.56 Å². The van der Waals surface area contributed by atoms with Gasteiger partial charge in [-0.2, -0.15) is 0 Å². The van der Waals surface area contributed by atoms with E-state index in [-0.39, 0.29) is 23.2 Å². The zero-order valence-corrected chi connectivity index (χ0v) is 18.3. The van der Waals surface area contributed by atoms with Crippen LogP contribution >= 0.6 is 0 Å². The number of hydrogen-bond donors (Lipinski definition) is 0. The number of fused-ring (bicyclic) bond motifs is 2. The van der Waals surface area contributed by atoms with E-state index in [1.165, 1.54) is 7.11 Å². The van der Waals surface area contributed by atoms with E-state index in [1.54, 1.807) is 53.4 Å². The highest BCUT2D eigenvalue weighted by Gasteiger charge is 2.42. The standard InChI is InChI=1S/C25H25NO6/c1-15(2)31-14-6-13-26-21(16-9-11-17(12-10-16)25(29)30-3)20-22(27)18-7-4-5-8-19(18)32-23(20)24(26)28/h4-5,7-12,15,21H,6,13-14H2,1-3H3. The summed E-state index contributed by atoms with van der Waals surface area (Å²) < 4.78 is 16.3. The van der Waals surface area contributed by atoms with Crippen LogP contribution in [0.15, 0.2) is 57.7 Å². The number of esters is 1. The summed E-state index contributed by atoms with van der Waals surface area (Å²) in [6.45, 7) is 4.80. The van der Waals surface area contributed by atoms with Gasteiger partial charge in [0.05, 0.1) is 35.8 Å². The molecule has 166 valence electrons. The fraction of sp³-hybridized carbons (Fsp3) is 0.320. The smallest absolute Gasteiger partial charge is 0.337 e. The van der Waals surface area contributed by atoms with E-state index in [1.807, 2.05) is 13.8 Å². The minimum absolute atomic E-state index is 0.0699. The van der Waals surface area contributed by atoms with Crippen LogP contribution in [0.4, 0.5) is 0 Å². The predicted octanol–water partition coefficient (Wildman–Crippen LogP) is 3.94. The van der Waals surface area contributed by atoms with Crippen molar-refractivity contribution in [2.24, 2.45) is 0 Å². The van der Waals surface area contributed by atoms with E-state index in [0.29, 0.717) is 41.7 Å². The highest BCUT2D eigenvalue weighted by molar-refractivity contribution is 5.99. The fourth-order valence-electron chi connectivity index (χ4n) is 4.02. The maximum atomic E-state index is 13.4. The van der Waals surface area contributed by atoms with Gasteiger partial charge in [-0.3, -0.25) is 9.59 Å². The second-order valence-corrected chi connectivity index (χ2v) is 7.96. The van der Waals surface area contributed by atoms with Crippen molar-refractivity contribution in [2.75, 3.05) is 20.3 Å². The molecule has 4 rings (SSSR count). The summed E-state index contributed by atoms with van der Waals surface area (Å²) >= 11 is 0.